The molecule has 0 radical (unpaired) electrons. The van der Waals surface area contributed by atoms with E-state index < -0.39 is 5.60 Å². The number of rotatable bonds is 3. The number of benzene rings is 1. The van der Waals surface area contributed by atoms with Gasteiger partial charge in [0.15, 0.2) is 0 Å². The first-order valence-electron chi connectivity index (χ1n) is 9.86. The molecule has 0 aromatic heterocycles. The molecule has 2 aliphatic rings. The van der Waals surface area contributed by atoms with Crippen molar-refractivity contribution in [1.82, 2.24) is 9.80 Å². The molecule has 6 nitrogen and oxygen atoms in total. The first-order valence-corrected chi connectivity index (χ1v) is 9.86. The minimum Gasteiger partial charge on any atom is -0.490 e. The molecule has 1 saturated heterocycles. The van der Waals surface area contributed by atoms with E-state index in [1.807, 2.05) is 45.0 Å². The summed E-state index contributed by atoms with van der Waals surface area (Å²) in [5.74, 6) is 0.819. The van der Waals surface area contributed by atoms with Gasteiger partial charge in [0.25, 0.3) is 5.91 Å². The van der Waals surface area contributed by atoms with Gasteiger partial charge in [-0.15, -0.1) is 0 Å². The van der Waals surface area contributed by atoms with E-state index in [1.165, 1.54) is 12.8 Å². The van der Waals surface area contributed by atoms with E-state index in [1.54, 1.807) is 9.80 Å². The highest BCUT2D eigenvalue weighted by molar-refractivity contribution is 5.94. The lowest BCUT2D eigenvalue weighted by Gasteiger charge is -2.35. The fourth-order valence-electron chi connectivity index (χ4n) is 3.48. The molecule has 1 saturated carbocycles. The van der Waals surface area contributed by atoms with Crippen molar-refractivity contribution < 1.29 is 19.1 Å². The first-order chi connectivity index (χ1) is 12.8. The number of nitrogens with zero attached hydrogens (tertiary/aromatic N) is 2. The molecule has 0 N–H and O–H groups in total. The van der Waals surface area contributed by atoms with Crippen molar-refractivity contribution in [2.24, 2.45) is 0 Å². The Morgan fingerprint density at radius 3 is 2.04 bits per heavy atom. The van der Waals surface area contributed by atoms with Crippen LogP contribution in [0.15, 0.2) is 24.3 Å². The van der Waals surface area contributed by atoms with Gasteiger partial charge in [-0.2, -0.15) is 0 Å². The molecule has 2 amide bonds. The van der Waals surface area contributed by atoms with E-state index in [-0.39, 0.29) is 12.0 Å². The maximum Gasteiger partial charge on any atom is 0.410 e. The van der Waals surface area contributed by atoms with E-state index in [9.17, 15) is 9.59 Å². The minimum atomic E-state index is -0.508. The molecule has 3 rings (SSSR count). The monoisotopic (exact) mass is 374 g/mol. The average Bonchev–Trinajstić information content (AvgIpc) is 3.13. The second-order valence-electron chi connectivity index (χ2n) is 8.31. The highest BCUT2D eigenvalue weighted by Gasteiger charge is 2.28. The normalized spacial score (nSPS) is 18.5. The van der Waals surface area contributed by atoms with Gasteiger partial charge in [-0.3, -0.25) is 4.79 Å². The molecular weight excluding hydrogens is 344 g/mol. The van der Waals surface area contributed by atoms with E-state index in [2.05, 4.69) is 0 Å². The summed E-state index contributed by atoms with van der Waals surface area (Å²) >= 11 is 0. The summed E-state index contributed by atoms with van der Waals surface area (Å²) in [6.07, 6.45) is 4.69. The molecule has 0 bridgehead atoms. The topological polar surface area (TPSA) is 59.1 Å². The molecule has 6 heteroatoms. The Morgan fingerprint density at radius 2 is 1.48 bits per heavy atom. The zero-order valence-corrected chi connectivity index (χ0v) is 16.6. The Bertz CT molecular complexity index is 652. The van der Waals surface area contributed by atoms with Gasteiger partial charge in [-0.05, 0) is 70.7 Å². The van der Waals surface area contributed by atoms with E-state index in [0.717, 1.165) is 18.6 Å². The van der Waals surface area contributed by atoms with Crippen molar-refractivity contribution in [3.05, 3.63) is 29.8 Å². The summed E-state index contributed by atoms with van der Waals surface area (Å²) in [5, 5.41) is 0. The van der Waals surface area contributed by atoms with E-state index in [4.69, 9.17) is 9.47 Å². The van der Waals surface area contributed by atoms with Crippen LogP contribution in [0.2, 0.25) is 0 Å². The van der Waals surface area contributed by atoms with E-state index >= 15 is 0 Å². The van der Waals surface area contributed by atoms with E-state index in [0.29, 0.717) is 37.8 Å². The van der Waals surface area contributed by atoms with Crippen LogP contribution in [0.25, 0.3) is 0 Å². The SMILES string of the molecule is CC(C)(C)OC(=O)N1CCN(C(=O)c2ccc(OC3CCCC3)cc2)CC1. The molecular formula is C21H30N2O4. The first kappa shape index (κ1) is 19.5. The summed E-state index contributed by atoms with van der Waals surface area (Å²) in [5.41, 5.74) is 0.145. The Balaban J connectivity index is 1.50. The predicted molar refractivity (Wildman–Crippen MR) is 103 cm³/mol. The number of piperazine rings is 1. The van der Waals surface area contributed by atoms with Crippen molar-refractivity contribution in [3.63, 3.8) is 0 Å². The third-order valence-electron chi connectivity index (χ3n) is 4.92. The van der Waals surface area contributed by atoms with Gasteiger partial charge in [0.1, 0.15) is 11.4 Å². The maximum absolute atomic E-state index is 12.7. The Hall–Kier alpha value is -2.24. The smallest absolute Gasteiger partial charge is 0.410 e. The second kappa shape index (κ2) is 8.19. The number of carbonyl (C=O) groups is 2. The number of hydrogen-bond donors (Lipinski definition) is 0. The van der Waals surface area contributed by atoms with Crippen LogP contribution in [0, 0.1) is 0 Å². The molecule has 0 atom stereocenters. The third-order valence-corrected chi connectivity index (χ3v) is 4.92. The maximum atomic E-state index is 12.7. The molecule has 27 heavy (non-hydrogen) atoms. The van der Waals surface area contributed by atoms with Crippen LogP contribution in [0.1, 0.15) is 56.8 Å². The molecule has 2 fully saturated rings. The van der Waals surface area contributed by atoms with Gasteiger partial charge in [0, 0.05) is 31.7 Å². The zero-order chi connectivity index (χ0) is 19.4. The van der Waals surface area contributed by atoms with Gasteiger partial charge in [0.05, 0.1) is 6.10 Å². The second-order valence-corrected chi connectivity index (χ2v) is 8.31. The van der Waals surface area contributed by atoms with Gasteiger partial charge in [-0.25, -0.2) is 4.79 Å². The number of amides is 2. The van der Waals surface area contributed by atoms with Crippen LogP contribution in [0.3, 0.4) is 0 Å². The van der Waals surface area contributed by atoms with Crippen LogP contribution in [0.4, 0.5) is 4.79 Å². The summed E-state index contributed by atoms with van der Waals surface area (Å²) in [6, 6.07) is 7.41. The van der Waals surface area contributed by atoms with Crippen LogP contribution >= 0.6 is 0 Å². The van der Waals surface area contributed by atoms with Crippen LogP contribution in [-0.4, -0.2) is 59.7 Å². The quantitative estimate of drug-likeness (QED) is 0.809. The lowest BCUT2D eigenvalue weighted by atomic mass is 10.1. The molecule has 148 valence electrons. The van der Waals surface area contributed by atoms with Crippen molar-refractivity contribution in [3.8, 4) is 5.75 Å². The van der Waals surface area contributed by atoms with Crippen LogP contribution in [0.5, 0.6) is 5.75 Å². The largest absolute Gasteiger partial charge is 0.490 e. The highest BCUT2D eigenvalue weighted by Crippen LogP contribution is 2.24. The van der Waals surface area contributed by atoms with Gasteiger partial charge < -0.3 is 19.3 Å². The fraction of sp³-hybridized carbons (Fsp3) is 0.619. The standard InChI is InChI=1S/C21H30N2O4/c1-21(2,3)27-20(25)23-14-12-22(13-15-23)19(24)16-8-10-18(11-9-16)26-17-6-4-5-7-17/h8-11,17H,4-7,12-15H2,1-3H3. The summed E-state index contributed by atoms with van der Waals surface area (Å²) in [6.45, 7) is 7.56. The highest BCUT2D eigenvalue weighted by atomic mass is 16.6. The minimum absolute atomic E-state index is 0.00810. The molecule has 1 aromatic rings. The molecule has 1 aliphatic heterocycles. The molecule has 1 heterocycles. The molecule has 0 spiro atoms. The third kappa shape index (κ3) is 5.37. The summed E-state index contributed by atoms with van der Waals surface area (Å²) < 4.78 is 11.3. The molecule has 1 aromatic carbocycles. The lowest BCUT2D eigenvalue weighted by molar-refractivity contribution is 0.0141. The fourth-order valence-corrected chi connectivity index (χ4v) is 3.48. The Labute approximate surface area is 161 Å². The van der Waals surface area contributed by atoms with Crippen molar-refractivity contribution in [2.45, 2.75) is 58.2 Å². The number of ether oxygens (including phenoxy) is 2. The number of carbonyl (C=O) groups excluding carboxylic acids is 2. The van der Waals surface area contributed by atoms with Crippen LogP contribution in [-0.2, 0) is 4.74 Å². The molecule has 0 unspecified atom stereocenters. The van der Waals surface area contributed by atoms with Crippen molar-refractivity contribution in [2.75, 3.05) is 26.2 Å². The van der Waals surface area contributed by atoms with Crippen molar-refractivity contribution >= 4 is 12.0 Å². The van der Waals surface area contributed by atoms with Crippen molar-refractivity contribution in [1.29, 1.82) is 0 Å². The van der Waals surface area contributed by atoms with Gasteiger partial charge in [0.2, 0.25) is 0 Å². The van der Waals surface area contributed by atoms with Gasteiger partial charge >= 0.3 is 6.09 Å². The Kier molecular flexibility index (Phi) is 5.92. The van der Waals surface area contributed by atoms with Crippen LogP contribution < -0.4 is 4.74 Å². The lowest BCUT2D eigenvalue weighted by Crippen LogP contribution is -2.51. The number of hydrogen-bond acceptors (Lipinski definition) is 4. The predicted octanol–water partition coefficient (Wildman–Crippen LogP) is 3.70. The zero-order valence-electron chi connectivity index (χ0n) is 16.6. The molecule has 1 aliphatic carbocycles. The summed E-state index contributed by atoms with van der Waals surface area (Å²) in [7, 11) is 0. The summed E-state index contributed by atoms with van der Waals surface area (Å²) in [4.78, 5) is 28.3. The Morgan fingerprint density at radius 1 is 0.926 bits per heavy atom. The average molecular weight is 374 g/mol. The van der Waals surface area contributed by atoms with Gasteiger partial charge in [-0.1, -0.05) is 0 Å².